The van der Waals surface area contributed by atoms with Crippen molar-refractivity contribution in [3.8, 4) is 11.5 Å². The van der Waals surface area contributed by atoms with Gasteiger partial charge in [0.25, 0.3) is 0 Å². The zero-order valence-corrected chi connectivity index (χ0v) is 14.1. The summed E-state index contributed by atoms with van der Waals surface area (Å²) in [5, 5.41) is 17.0. The third-order valence-corrected chi connectivity index (χ3v) is 1.69. The molecule has 2 aromatic rings. The van der Waals surface area contributed by atoms with Crippen LogP contribution in [-0.4, -0.2) is 10.2 Å². The van der Waals surface area contributed by atoms with Crippen molar-refractivity contribution >= 4 is 0 Å². The van der Waals surface area contributed by atoms with Crippen molar-refractivity contribution in [2.75, 3.05) is 0 Å². The summed E-state index contributed by atoms with van der Waals surface area (Å²) >= 11 is 0. The van der Waals surface area contributed by atoms with Crippen molar-refractivity contribution in [1.82, 2.24) is 0 Å². The smallest absolute Gasteiger partial charge is 1.00 e. The van der Waals surface area contributed by atoms with Gasteiger partial charge in [-0.05, 0) is 0 Å². The molecule has 0 bridgehead atoms. The van der Waals surface area contributed by atoms with E-state index in [1.807, 2.05) is 0 Å². The average molecular weight is 422 g/mol. The molecule has 0 unspecified atom stereocenters. The Morgan fingerprint density at radius 1 is 0.524 bits per heavy atom. The van der Waals surface area contributed by atoms with Gasteiger partial charge >= 0.3 is 26.2 Å². The number of phenolic OH excluding ortho intramolecular Hbond substituents is 2. The quantitative estimate of drug-likeness (QED) is 0.456. The molecule has 9 heteroatoms. The number of hydrogen-bond donors (Lipinski definition) is 2. The van der Waals surface area contributed by atoms with Crippen LogP contribution in [0.5, 0.6) is 11.5 Å². The summed E-state index contributed by atoms with van der Waals surface area (Å²) in [5.74, 6) is -3.87. The van der Waals surface area contributed by atoms with Gasteiger partial charge in [-0.3, -0.25) is 0 Å². The maximum absolute atomic E-state index is 12.0. The Hall–Kier alpha value is -0.777. The molecule has 2 nitrogen and oxygen atoms in total. The fourth-order valence-corrected chi connectivity index (χ4v) is 1.08. The second-order valence-corrected chi connectivity index (χ2v) is 3.26. The van der Waals surface area contributed by atoms with Crippen LogP contribution in [0, 0.1) is 23.3 Å². The van der Waals surface area contributed by atoms with Crippen LogP contribution in [0.25, 0.3) is 0 Å². The Morgan fingerprint density at radius 2 is 0.714 bits per heavy atom. The van der Waals surface area contributed by atoms with E-state index in [0.717, 1.165) is 24.3 Å². The van der Waals surface area contributed by atoms with Gasteiger partial charge in [0.05, 0.1) is 0 Å². The fourth-order valence-electron chi connectivity index (χ4n) is 1.08. The van der Waals surface area contributed by atoms with Crippen LogP contribution in [0.4, 0.5) is 17.6 Å². The van der Waals surface area contributed by atoms with Crippen LogP contribution in [0.1, 0.15) is 0 Å². The molecule has 0 spiro atoms. The maximum Gasteiger partial charge on any atom is 2.00 e. The molecular formula is C12H8Cl2F4O2Zr. The van der Waals surface area contributed by atoms with Crippen molar-refractivity contribution < 1.29 is 78.8 Å². The molecule has 0 aliphatic carbocycles. The average Bonchev–Trinajstić information content (AvgIpc) is 2.12. The zero-order chi connectivity index (χ0) is 13.7. The largest absolute Gasteiger partial charge is 2.00 e. The predicted octanol–water partition coefficient (Wildman–Crippen LogP) is -2.65. The van der Waals surface area contributed by atoms with E-state index in [0.29, 0.717) is 12.1 Å². The normalized spacial score (nSPS) is 8.19. The van der Waals surface area contributed by atoms with E-state index in [9.17, 15) is 17.6 Å². The molecule has 0 saturated carbocycles. The second-order valence-electron chi connectivity index (χ2n) is 3.26. The number of benzene rings is 2. The summed E-state index contributed by atoms with van der Waals surface area (Å²) in [6.07, 6.45) is 0. The molecular weight excluding hydrogens is 414 g/mol. The number of halogens is 6. The first-order valence-corrected chi connectivity index (χ1v) is 4.67. The zero-order valence-electron chi connectivity index (χ0n) is 10.1. The Morgan fingerprint density at radius 3 is 0.857 bits per heavy atom. The van der Waals surface area contributed by atoms with E-state index in [1.54, 1.807) is 0 Å². The summed E-state index contributed by atoms with van der Waals surface area (Å²) < 4.78 is 48.1. The van der Waals surface area contributed by atoms with Crippen molar-refractivity contribution in [2.24, 2.45) is 0 Å². The molecule has 21 heavy (non-hydrogen) atoms. The third kappa shape index (κ3) is 10.6. The molecule has 2 aromatic carbocycles. The minimum atomic E-state index is -0.771. The Balaban J connectivity index is -0.000000270. The minimum absolute atomic E-state index is 0. The summed E-state index contributed by atoms with van der Waals surface area (Å²) in [7, 11) is 0. The van der Waals surface area contributed by atoms with E-state index in [1.165, 1.54) is 0 Å². The van der Waals surface area contributed by atoms with Crippen molar-refractivity contribution in [1.29, 1.82) is 0 Å². The molecule has 0 amide bonds. The van der Waals surface area contributed by atoms with Crippen LogP contribution < -0.4 is 24.8 Å². The van der Waals surface area contributed by atoms with Gasteiger partial charge in [-0.25, -0.2) is 17.6 Å². The van der Waals surface area contributed by atoms with Gasteiger partial charge in [0.15, 0.2) is 0 Å². The first kappa shape index (κ1) is 25.2. The van der Waals surface area contributed by atoms with Crippen LogP contribution in [0.15, 0.2) is 36.4 Å². The van der Waals surface area contributed by atoms with E-state index < -0.39 is 34.8 Å². The van der Waals surface area contributed by atoms with Crippen molar-refractivity contribution in [3.63, 3.8) is 0 Å². The molecule has 2 rings (SSSR count). The summed E-state index contributed by atoms with van der Waals surface area (Å²) in [6, 6.07) is 4.73. The van der Waals surface area contributed by atoms with Gasteiger partial charge in [0.1, 0.15) is 34.8 Å². The van der Waals surface area contributed by atoms with E-state index >= 15 is 0 Å². The summed E-state index contributed by atoms with van der Waals surface area (Å²) in [4.78, 5) is 0. The SMILES string of the molecule is Oc1cc(F)cc(F)c1.Oc1cc(F)cc(F)c1.[Cl-].[Cl-].[Zr+2]. The Kier molecular flexibility index (Phi) is 14.2. The summed E-state index contributed by atoms with van der Waals surface area (Å²) in [6.45, 7) is 0. The molecule has 0 aromatic heterocycles. The molecule has 2 N–H and O–H groups in total. The molecule has 0 aliphatic rings. The number of rotatable bonds is 0. The molecule has 0 heterocycles. The minimum Gasteiger partial charge on any atom is -1.00 e. The molecule has 0 saturated heterocycles. The maximum atomic E-state index is 12.0. The summed E-state index contributed by atoms with van der Waals surface area (Å²) in [5.41, 5.74) is 0. The molecule has 0 fully saturated rings. The first-order chi connectivity index (χ1) is 8.36. The van der Waals surface area contributed by atoms with E-state index in [4.69, 9.17) is 10.2 Å². The van der Waals surface area contributed by atoms with E-state index in [2.05, 4.69) is 0 Å². The van der Waals surface area contributed by atoms with Gasteiger partial charge in [-0.2, -0.15) is 0 Å². The standard InChI is InChI=1S/2C6H4F2O.2ClH.Zr/c2*7-4-1-5(8)3-6(9)2-4;;;/h2*1-3,9H;2*1H;/q;;;;+2/p-2. The van der Waals surface area contributed by atoms with Crippen LogP contribution in [0.3, 0.4) is 0 Å². The molecule has 0 radical (unpaired) electrons. The van der Waals surface area contributed by atoms with Gasteiger partial charge < -0.3 is 35.0 Å². The molecule has 114 valence electrons. The van der Waals surface area contributed by atoms with Gasteiger partial charge in [0.2, 0.25) is 0 Å². The second kappa shape index (κ2) is 11.8. The van der Waals surface area contributed by atoms with Crippen LogP contribution in [-0.2, 0) is 26.2 Å². The van der Waals surface area contributed by atoms with Gasteiger partial charge in [-0.1, -0.05) is 0 Å². The van der Waals surface area contributed by atoms with Gasteiger partial charge in [-0.15, -0.1) is 0 Å². The number of phenols is 2. The topological polar surface area (TPSA) is 40.5 Å². The Labute approximate surface area is 149 Å². The predicted molar refractivity (Wildman–Crippen MR) is 56.0 cm³/mol. The molecule has 0 aliphatic heterocycles. The third-order valence-electron chi connectivity index (χ3n) is 1.69. The molecule has 0 atom stereocenters. The van der Waals surface area contributed by atoms with Crippen LogP contribution >= 0.6 is 0 Å². The number of aromatic hydroxyl groups is 2. The van der Waals surface area contributed by atoms with Gasteiger partial charge in [0, 0.05) is 36.4 Å². The first-order valence-electron chi connectivity index (χ1n) is 4.67. The fraction of sp³-hybridized carbons (Fsp3) is 0. The Bertz CT molecular complexity index is 408. The van der Waals surface area contributed by atoms with Crippen molar-refractivity contribution in [3.05, 3.63) is 59.7 Å². The van der Waals surface area contributed by atoms with Crippen molar-refractivity contribution in [2.45, 2.75) is 0 Å². The van der Waals surface area contributed by atoms with Crippen LogP contribution in [0.2, 0.25) is 0 Å². The number of hydrogen-bond acceptors (Lipinski definition) is 2. The van der Waals surface area contributed by atoms with E-state index in [-0.39, 0.29) is 51.0 Å². The monoisotopic (exact) mass is 420 g/mol.